The van der Waals surface area contributed by atoms with E-state index in [1.54, 1.807) is 0 Å². The lowest BCUT2D eigenvalue weighted by Crippen LogP contribution is -2.48. The summed E-state index contributed by atoms with van der Waals surface area (Å²) >= 11 is 0. The Kier molecular flexibility index (Phi) is 5.20. The molecule has 0 spiro atoms. The molecule has 1 aromatic heterocycles. The zero-order valence-corrected chi connectivity index (χ0v) is 17.1. The van der Waals surface area contributed by atoms with Crippen LogP contribution in [0.2, 0.25) is 0 Å². The number of hydrogen-bond acceptors (Lipinski definition) is 3. The summed E-state index contributed by atoms with van der Waals surface area (Å²) in [5.41, 5.74) is 3.35. The maximum atomic E-state index is 12.7. The summed E-state index contributed by atoms with van der Waals surface area (Å²) in [5.74, 6) is 1.11. The van der Waals surface area contributed by atoms with Crippen LogP contribution in [0.25, 0.3) is 21.8 Å². The van der Waals surface area contributed by atoms with Gasteiger partial charge >= 0.3 is 0 Å². The number of rotatable bonds is 5. The Morgan fingerprint density at radius 2 is 1.67 bits per heavy atom. The van der Waals surface area contributed by atoms with Gasteiger partial charge < -0.3 is 9.88 Å². The fraction of sp³-hybridized carbons (Fsp3) is 0.280. The number of para-hydroxylation sites is 2. The number of aryl methyl sites for hydroxylation is 1. The molecule has 3 aromatic carbocycles. The van der Waals surface area contributed by atoms with Crippen molar-refractivity contribution in [2.24, 2.45) is 0 Å². The largest absolute Gasteiger partial charge is 0.342 e. The third-order valence-corrected chi connectivity index (χ3v) is 6.01. The number of carbonyl (C=O) groups is 1. The van der Waals surface area contributed by atoms with Gasteiger partial charge in [0.1, 0.15) is 5.82 Å². The quantitative estimate of drug-likeness (QED) is 0.553. The maximum absolute atomic E-state index is 12.7. The van der Waals surface area contributed by atoms with Crippen molar-refractivity contribution in [2.75, 3.05) is 26.2 Å². The summed E-state index contributed by atoms with van der Waals surface area (Å²) in [6.07, 6.45) is 1.16. The Hall–Kier alpha value is -3.18. The summed E-state index contributed by atoms with van der Waals surface area (Å²) in [7, 11) is 0. The highest BCUT2D eigenvalue weighted by Gasteiger charge is 2.21. The van der Waals surface area contributed by atoms with Crippen molar-refractivity contribution in [1.29, 1.82) is 0 Å². The Bertz CT molecular complexity index is 1140. The number of aromatic nitrogens is 2. The van der Waals surface area contributed by atoms with Crippen LogP contribution >= 0.6 is 0 Å². The van der Waals surface area contributed by atoms with Crippen LogP contribution < -0.4 is 0 Å². The van der Waals surface area contributed by atoms with E-state index in [0.29, 0.717) is 12.8 Å². The van der Waals surface area contributed by atoms with E-state index < -0.39 is 0 Å². The van der Waals surface area contributed by atoms with Crippen LogP contribution in [0, 0.1) is 0 Å². The molecule has 2 heterocycles. The smallest absolute Gasteiger partial charge is 0.223 e. The first-order valence-corrected chi connectivity index (χ1v) is 10.7. The van der Waals surface area contributed by atoms with Gasteiger partial charge in [-0.25, -0.2) is 4.98 Å². The van der Waals surface area contributed by atoms with Crippen molar-refractivity contribution >= 4 is 27.7 Å². The Morgan fingerprint density at radius 1 is 0.900 bits per heavy atom. The molecule has 5 nitrogen and oxygen atoms in total. The van der Waals surface area contributed by atoms with Crippen molar-refractivity contribution in [1.82, 2.24) is 19.8 Å². The van der Waals surface area contributed by atoms with E-state index in [4.69, 9.17) is 0 Å². The van der Waals surface area contributed by atoms with Gasteiger partial charge in [0.25, 0.3) is 0 Å². The van der Waals surface area contributed by atoms with E-state index in [1.807, 2.05) is 29.2 Å². The van der Waals surface area contributed by atoms with Gasteiger partial charge in [-0.15, -0.1) is 0 Å². The molecule has 0 saturated carbocycles. The summed E-state index contributed by atoms with van der Waals surface area (Å²) in [5, 5.41) is 2.61. The van der Waals surface area contributed by atoms with Gasteiger partial charge in [0.2, 0.25) is 5.91 Å². The molecule has 152 valence electrons. The molecule has 0 bridgehead atoms. The van der Waals surface area contributed by atoms with E-state index in [9.17, 15) is 4.79 Å². The molecule has 0 aliphatic carbocycles. The average Bonchev–Trinajstić information content (AvgIpc) is 3.21. The molecule has 0 atom stereocenters. The van der Waals surface area contributed by atoms with Gasteiger partial charge in [0.15, 0.2) is 0 Å². The van der Waals surface area contributed by atoms with Crippen LogP contribution in [0.15, 0.2) is 66.7 Å². The third kappa shape index (κ3) is 3.94. The molecule has 1 aliphatic heterocycles. The van der Waals surface area contributed by atoms with E-state index >= 15 is 0 Å². The molecule has 30 heavy (non-hydrogen) atoms. The molecule has 5 heteroatoms. The second kappa shape index (κ2) is 8.28. The normalized spacial score (nSPS) is 15.1. The molecule has 1 amide bonds. The molecular formula is C25H26N4O. The number of benzene rings is 3. The number of nitrogens with zero attached hydrogens (tertiary/aromatic N) is 3. The number of nitrogens with one attached hydrogen (secondary N) is 1. The minimum absolute atomic E-state index is 0.222. The molecule has 1 aliphatic rings. The molecular weight excluding hydrogens is 372 g/mol. The first-order chi connectivity index (χ1) is 14.8. The Balaban J connectivity index is 1.15. The molecule has 0 radical (unpaired) electrons. The standard InChI is InChI=1S/C25H26N4O/c30-25(13-12-24-26-22-10-3-4-11-23(22)27-24)29-16-14-28(15-17-29)18-20-8-5-7-19-6-1-2-9-21(19)20/h1-11H,12-18H2,(H,26,27). The minimum atomic E-state index is 0.222. The van der Waals surface area contributed by atoms with Crippen LogP contribution in [0.1, 0.15) is 17.8 Å². The molecule has 1 fully saturated rings. The van der Waals surface area contributed by atoms with Crippen LogP contribution in [0.3, 0.4) is 0 Å². The SMILES string of the molecule is O=C(CCc1nc2ccccc2[nH]1)N1CCN(Cc2cccc3ccccc23)CC1. The predicted molar refractivity (Wildman–Crippen MR) is 120 cm³/mol. The van der Waals surface area contributed by atoms with Crippen LogP contribution in [-0.2, 0) is 17.8 Å². The average molecular weight is 399 g/mol. The Labute approximate surface area is 176 Å². The highest BCUT2D eigenvalue weighted by molar-refractivity contribution is 5.85. The van der Waals surface area contributed by atoms with Crippen molar-refractivity contribution in [2.45, 2.75) is 19.4 Å². The molecule has 4 aromatic rings. The van der Waals surface area contributed by atoms with E-state index in [-0.39, 0.29) is 5.91 Å². The van der Waals surface area contributed by atoms with Crippen molar-refractivity contribution in [3.8, 4) is 0 Å². The van der Waals surface area contributed by atoms with Gasteiger partial charge in [0, 0.05) is 45.6 Å². The van der Waals surface area contributed by atoms with E-state index in [2.05, 4.69) is 57.3 Å². The zero-order chi connectivity index (χ0) is 20.3. The number of hydrogen-bond donors (Lipinski definition) is 1. The first-order valence-electron chi connectivity index (χ1n) is 10.7. The monoisotopic (exact) mass is 398 g/mol. The van der Waals surface area contributed by atoms with Gasteiger partial charge in [-0.05, 0) is 28.5 Å². The van der Waals surface area contributed by atoms with Crippen molar-refractivity contribution in [3.05, 3.63) is 78.1 Å². The lowest BCUT2D eigenvalue weighted by Gasteiger charge is -2.35. The number of carbonyl (C=O) groups excluding carboxylic acids is 1. The lowest BCUT2D eigenvalue weighted by atomic mass is 10.0. The molecule has 1 saturated heterocycles. The van der Waals surface area contributed by atoms with Crippen molar-refractivity contribution in [3.63, 3.8) is 0 Å². The van der Waals surface area contributed by atoms with Crippen LogP contribution in [0.4, 0.5) is 0 Å². The summed E-state index contributed by atoms with van der Waals surface area (Å²) in [6, 6.07) is 23.0. The number of amides is 1. The fourth-order valence-electron chi connectivity index (χ4n) is 4.33. The first kappa shape index (κ1) is 18.8. The summed E-state index contributed by atoms with van der Waals surface area (Å²) in [4.78, 5) is 25.0. The topological polar surface area (TPSA) is 52.2 Å². The minimum Gasteiger partial charge on any atom is -0.342 e. The number of fused-ring (bicyclic) bond motifs is 2. The highest BCUT2D eigenvalue weighted by atomic mass is 16.2. The maximum Gasteiger partial charge on any atom is 0.223 e. The van der Waals surface area contributed by atoms with Gasteiger partial charge in [-0.3, -0.25) is 9.69 Å². The summed E-state index contributed by atoms with van der Waals surface area (Å²) in [6.45, 7) is 4.36. The number of imidazole rings is 1. The second-order valence-electron chi connectivity index (χ2n) is 8.00. The number of piperazine rings is 1. The molecule has 5 rings (SSSR count). The van der Waals surface area contributed by atoms with Gasteiger partial charge in [-0.1, -0.05) is 54.6 Å². The third-order valence-electron chi connectivity index (χ3n) is 6.01. The number of H-pyrrole nitrogens is 1. The zero-order valence-electron chi connectivity index (χ0n) is 17.1. The van der Waals surface area contributed by atoms with Crippen LogP contribution in [-0.4, -0.2) is 51.9 Å². The van der Waals surface area contributed by atoms with Crippen molar-refractivity contribution < 1.29 is 4.79 Å². The highest BCUT2D eigenvalue weighted by Crippen LogP contribution is 2.21. The fourth-order valence-corrected chi connectivity index (χ4v) is 4.33. The predicted octanol–water partition coefficient (Wildman–Crippen LogP) is 3.99. The summed E-state index contributed by atoms with van der Waals surface area (Å²) < 4.78 is 0. The van der Waals surface area contributed by atoms with Crippen LogP contribution in [0.5, 0.6) is 0 Å². The number of aromatic amines is 1. The molecule has 0 unspecified atom stereocenters. The molecule has 1 N–H and O–H groups in total. The Morgan fingerprint density at radius 3 is 2.53 bits per heavy atom. The lowest BCUT2D eigenvalue weighted by molar-refractivity contribution is -0.133. The van der Waals surface area contributed by atoms with Gasteiger partial charge in [0.05, 0.1) is 11.0 Å². The van der Waals surface area contributed by atoms with Gasteiger partial charge in [-0.2, -0.15) is 0 Å². The van der Waals surface area contributed by atoms with E-state index in [0.717, 1.165) is 49.6 Å². The van der Waals surface area contributed by atoms with E-state index in [1.165, 1.54) is 16.3 Å². The second-order valence-corrected chi connectivity index (χ2v) is 8.00.